The van der Waals surface area contributed by atoms with E-state index in [0.717, 1.165) is 23.7 Å². The molecular formula is C12H18N2O. The molecule has 2 rings (SSSR count). The Bertz CT molecular complexity index is 349. The van der Waals surface area contributed by atoms with Gasteiger partial charge in [-0.15, -0.1) is 0 Å². The summed E-state index contributed by atoms with van der Waals surface area (Å²) in [6.45, 7) is 7.17. The van der Waals surface area contributed by atoms with E-state index in [2.05, 4.69) is 23.6 Å². The fourth-order valence-corrected chi connectivity index (χ4v) is 1.76. The number of hydrogen-bond donors (Lipinski definition) is 2. The number of para-hydroxylation sites is 1. The molecule has 2 N–H and O–H groups in total. The van der Waals surface area contributed by atoms with Crippen molar-refractivity contribution in [1.82, 2.24) is 0 Å². The molecule has 0 saturated carbocycles. The summed E-state index contributed by atoms with van der Waals surface area (Å²) in [6, 6.07) is 6.56. The average Bonchev–Trinajstić information content (AvgIpc) is 2.16. The molecule has 15 heavy (non-hydrogen) atoms. The molecule has 1 atom stereocenters. The van der Waals surface area contributed by atoms with Crippen LogP contribution in [0.4, 0.5) is 11.4 Å². The van der Waals surface area contributed by atoms with Crippen LogP contribution in [-0.2, 0) is 0 Å². The zero-order valence-corrected chi connectivity index (χ0v) is 9.50. The van der Waals surface area contributed by atoms with Crippen molar-refractivity contribution in [2.24, 2.45) is 0 Å². The van der Waals surface area contributed by atoms with Crippen molar-refractivity contribution in [3.8, 4) is 5.75 Å². The van der Waals surface area contributed by atoms with Gasteiger partial charge in [0.1, 0.15) is 11.4 Å². The van der Waals surface area contributed by atoms with Gasteiger partial charge in [0, 0.05) is 12.6 Å². The molecule has 3 heteroatoms. The van der Waals surface area contributed by atoms with Crippen LogP contribution in [0.5, 0.6) is 5.75 Å². The Kier molecular flexibility index (Phi) is 2.71. The third kappa shape index (κ3) is 2.17. The molecule has 0 fully saturated rings. The molecule has 1 aromatic rings. The second kappa shape index (κ2) is 4.01. The van der Waals surface area contributed by atoms with Crippen LogP contribution in [-0.4, -0.2) is 18.7 Å². The molecule has 1 aliphatic heterocycles. The summed E-state index contributed by atoms with van der Waals surface area (Å²) < 4.78 is 5.75. The van der Waals surface area contributed by atoms with Gasteiger partial charge < -0.3 is 15.4 Å². The molecule has 0 aliphatic carbocycles. The fraction of sp³-hybridized carbons (Fsp3) is 0.500. The van der Waals surface area contributed by atoms with Crippen molar-refractivity contribution >= 4 is 11.4 Å². The minimum atomic E-state index is 0.206. The van der Waals surface area contributed by atoms with Gasteiger partial charge in [-0.05, 0) is 32.9 Å². The summed E-state index contributed by atoms with van der Waals surface area (Å²) in [6.07, 6.45) is 0.206. The lowest BCUT2D eigenvalue weighted by Crippen LogP contribution is -2.30. The minimum Gasteiger partial charge on any atom is -0.489 e. The maximum absolute atomic E-state index is 5.75. The average molecular weight is 206 g/mol. The predicted octanol–water partition coefficient (Wildman–Crippen LogP) is 2.70. The lowest BCUT2D eigenvalue weighted by atomic mass is 10.1. The highest BCUT2D eigenvalue weighted by atomic mass is 16.5. The van der Waals surface area contributed by atoms with Crippen molar-refractivity contribution in [3.05, 3.63) is 18.2 Å². The number of anilines is 2. The van der Waals surface area contributed by atoms with Gasteiger partial charge in [0.25, 0.3) is 0 Å². The summed E-state index contributed by atoms with van der Waals surface area (Å²) in [4.78, 5) is 0. The molecule has 1 aliphatic rings. The van der Waals surface area contributed by atoms with E-state index >= 15 is 0 Å². The Morgan fingerprint density at radius 3 is 2.93 bits per heavy atom. The normalized spacial score (nSPS) is 19.1. The first-order valence-corrected chi connectivity index (χ1v) is 5.47. The van der Waals surface area contributed by atoms with E-state index in [0.29, 0.717) is 6.04 Å². The number of rotatable bonds is 2. The van der Waals surface area contributed by atoms with Crippen LogP contribution in [0.1, 0.15) is 20.8 Å². The van der Waals surface area contributed by atoms with Crippen LogP contribution in [0.2, 0.25) is 0 Å². The van der Waals surface area contributed by atoms with Crippen molar-refractivity contribution in [3.63, 3.8) is 0 Å². The van der Waals surface area contributed by atoms with Gasteiger partial charge in [0.2, 0.25) is 0 Å². The van der Waals surface area contributed by atoms with Crippen LogP contribution in [0.25, 0.3) is 0 Å². The fourth-order valence-electron chi connectivity index (χ4n) is 1.76. The third-order valence-electron chi connectivity index (χ3n) is 2.38. The lowest BCUT2D eigenvalue weighted by molar-refractivity contribution is 0.243. The Labute approximate surface area is 90.8 Å². The minimum absolute atomic E-state index is 0.206. The lowest BCUT2D eigenvalue weighted by Gasteiger charge is -2.27. The number of nitrogens with one attached hydrogen (secondary N) is 2. The smallest absolute Gasteiger partial charge is 0.144 e. The Balaban J connectivity index is 2.29. The van der Waals surface area contributed by atoms with Crippen molar-refractivity contribution in [2.45, 2.75) is 32.9 Å². The molecule has 3 nitrogen and oxygen atoms in total. The highest BCUT2D eigenvalue weighted by molar-refractivity contribution is 5.77. The first-order valence-electron chi connectivity index (χ1n) is 5.47. The van der Waals surface area contributed by atoms with E-state index in [4.69, 9.17) is 4.74 Å². The largest absolute Gasteiger partial charge is 0.489 e. The molecule has 0 spiro atoms. The van der Waals surface area contributed by atoms with E-state index in [9.17, 15) is 0 Å². The first-order chi connectivity index (χ1) is 7.16. The van der Waals surface area contributed by atoms with Gasteiger partial charge in [-0.1, -0.05) is 6.07 Å². The third-order valence-corrected chi connectivity index (χ3v) is 2.38. The SMILES string of the molecule is CC1CNc2c(cccc2OC(C)C)N1. The van der Waals surface area contributed by atoms with Crippen LogP contribution in [0.15, 0.2) is 18.2 Å². The van der Waals surface area contributed by atoms with E-state index in [1.807, 2.05) is 26.0 Å². The molecule has 1 unspecified atom stereocenters. The van der Waals surface area contributed by atoms with E-state index < -0.39 is 0 Å². The van der Waals surface area contributed by atoms with E-state index in [1.54, 1.807) is 0 Å². The quantitative estimate of drug-likeness (QED) is 0.780. The molecule has 1 aromatic carbocycles. The molecule has 0 radical (unpaired) electrons. The second-order valence-electron chi connectivity index (χ2n) is 4.27. The molecule has 0 saturated heterocycles. The Morgan fingerprint density at radius 2 is 2.20 bits per heavy atom. The number of ether oxygens (including phenoxy) is 1. The number of benzene rings is 1. The summed E-state index contributed by atoms with van der Waals surface area (Å²) in [5, 5.41) is 6.83. The van der Waals surface area contributed by atoms with Gasteiger partial charge in [-0.2, -0.15) is 0 Å². The van der Waals surface area contributed by atoms with Crippen molar-refractivity contribution in [2.75, 3.05) is 17.2 Å². The topological polar surface area (TPSA) is 33.3 Å². The van der Waals surface area contributed by atoms with Gasteiger partial charge in [0.15, 0.2) is 0 Å². The standard InChI is InChI=1S/C12H18N2O/c1-8(2)15-11-6-4-5-10-12(11)13-7-9(3)14-10/h4-6,8-9,13-14H,7H2,1-3H3. The van der Waals surface area contributed by atoms with Gasteiger partial charge in [0.05, 0.1) is 11.8 Å². The van der Waals surface area contributed by atoms with Crippen molar-refractivity contribution in [1.29, 1.82) is 0 Å². The number of fused-ring (bicyclic) bond motifs is 1. The molecule has 0 bridgehead atoms. The molecule has 0 amide bonds. The van der Waals surface area contributed by atoms with E-state index in [-0.39, 0.29) is 6.10 Å². The van der Waals surface area contributed by atoms with E-state index in [1.165, 1.54) is 0 Å². The first kappa shape index (κ1) is 10.1. The molecular weight excluding hydrogens is 188 g/mol. The summed E-state index contributed by atoms with van der Waals surface area (Å²) >= 11 is 0. The zero-order chi connectivity index (χ0) is 10.8. The maximum Gasteiger partial charge on any atom is 0.144 e. The van der Waals surface area contributed by atoms with Crippen LogP contribution < -0.4 is 15.4 Å². The van der Waals surface area contributed by atoms with Crippen LogP contribution in [0, 0.1) is 0 Å². The van der Waals surface area contributed by atoms with Gasteiger partial charge in [-0.3, -0.25) is 0 Å². The molecule has 1 heterocycles. The summed E-state index contributed by atoms with van der Waals surface area (Å²) in [5.74, 6) is 0.932. The number of hydrogen-bond acceptors (Lipinski definition) is 3. The Morgan fingerprint density at radius 1 is 1.40 bits per heavy atom. The highest BCUT2D eigenvalue weighted by Gasteiger charge is 2.17. The highest BCUT2D eigenvalue weighted by Crippen LogP contribution is 2.35. The summed E-state index contributed by atoms with van der Waals surface area (Å²) in [5.41, 5.74) is 2.22. The summed E-state index contributed by atoms with van der Waals surface area (Å²) in [7, 11) is 0. The van der Waals surface area contributed by atoms with Crippen LogP contribution >= 0.6 is 0 Å². The molecule has 0 aromatic heterocycles. The Hall–Kier alpha value is -1.38. The zero-order valence-electron chi connectivity index (χ0n) is 9.50. The van der Waals surface area contributed by atoms with Crippen molar-refractivity contribution < 1.29 is 4.74 Å². The van der Waals surface area contributed by atoms with Crippen LogP contribution in [0.3, 0.4) is 0 Å². The molecule has 82 valence electrons. The monoisotopic (exact) mass is 206 g/mol. The van der Waals surface area contributed by atoms with Gasteiger partial charge in [-0.25, -0.2) is 0 Å². The van der Waals surface area contributed by atoms with Gasteiger partial charge >= 0.3 is 0 Å². The second-order valence-corrected chi connectivity index (χ2v) is 4.27. The predicted molar refractivity (Wildman–Crippen MR) is 63.8 cm³/mol. The maximum atomic E-state index is 5.75.